The molecule has 0 unspecified atom stereocenters. The van der Waals surface area contributed by atoms with Gasteiger partial charge in [0.1, 0.15) is 0 Å². The highest BCUT2D eigenvalue weighted by molar-refractivity contribution is 5.73. The summed E-state index contributed by atoms with van der Waals surface area (Å²) >= 11 is 0. The molecule has 15 heavy (non-hydrogen) atoms. The molecule has 3 nitrogen and oxygen atoms in total. The topological polar surface area (TPSA) is 46.5 Å². The highest BCUT2D eigenvalue weighted by atomic mass is 16.5. The number of hydrogen-bond donors (Lipinski definition) is 1. The maximum atomic E-state index is 10.8. The van der Waals surface area contributed by atoms with Gasteiger partial charge in [-0.15, -0.1) is 0 Å². The van der Waals surface area contributed by atoms with Crippen LogP contribution in [-0.2, 0) is 9.53 Å². The first-order valence-corrected chi connectivity index (χ1v) is 5.67. The van der Waals surface area contributed by atoms with E-state index in [4.69, 9.17) is 9.84 Å². The van der Waals surface area contributed by atoms with Gasteiger partial charge in [-0.3, -0.25) is 4.79 Å². The van der Waals surface area contributed by atoms with E-state index in [0.29, 0.717) is 18.9 Å². The zero-order valence-corrected chi connectivity index (χ0v) is 10.4. The standard InChI is InChI=1S/C12H24O3/c1-10(2)6-5-8-15-9-7-12(3,4)11(13)14/h10H,5-9H2,1-4H3,(H,13,14). The van der Waals surface area contributed by atoms with Crippen molar-refractivity contribution in [1.29, 1.82) is 0 Å². The Labute approximate surface area is 92.8 Å². The molecule has 0 atom stereocenters. The van der Waals surface area contributed by atoms with Gasteiger partial charge in [0.15, 0.2) is 0 Å². The highest BCUT2D eigenvalue weighted by Crippen LogP contribution is 2.20. The second kappa shape index (κ2) is 6.83. The maximum Gasteiger partial charge on any atom is 0.309 e. The summed E-state index contributed by atoms with van der Waals surface area (Å²) in [7, 11) is 0. The molecule has 0 spiro atoms. The Morgan fingerprint density at radius 1 is 1.33 bits per heavy atom. The van der Waals surface area contributed by atoms with Crippen LogP contribution in [0.4, 0.5) is 0 Å². The monoisotopic (exact) mass is 216 g/mol. The Morgan fingerprint density at radius 2 is 1.93 bits per heavy atom. The van der Waals surface area contributed by atoms with Gasteiger partial charge < -0.3 is 9.84 Å². The molecule has 0 heterocycles. The zero-order valence-electron chi connectivity index (χ0n) is 10.4. The minimum Gasteiger partial charge on any atom is -0.481 e. The van der Waals surface area contributed by atoms with Crippen LogP contribution < -0.4 is 0 Å². The molecule has 0 aliphatic rings. The van der Waals surface area contributed by atoms with Crippen molar-refractivity contribution in [3.63, 3.8) is 0 Å². The van der Waals surface area contributed by atoms with Crippen molar-refractivity contribution in [2.24, 2.45) is 11.3 Å². The van der Waals surface area contributed by atoms with Gasteiger partial charge in [-0.25, -0.2) is 0 Å². The molecule has 0 aromatic carbocycles. The molecule has 0 bridgehead atoms. The highest BCUT2D eigenvalue weighted by Gasteiger charge is 2.26. The van der Waals surface area contributed by atoms with E-state index in [-0.39, 0.29) is 0 Å². The number of carboxylic acid groups (broad SMARTS) is 1. The minimum absolute atomic E-state index is 0.539. The molecule has 0 aromatic heterocycles. The Morgan fingerprint density at radius 3 is 2.40 bits per heavy atom. The molecule has 0 aliphatic carbocycles. The van der Waals surface area contributed by atoms with E-state index < -0.39 is 11.4 Å². The second-order valence-electron chi connectivity index (χ2n) is 5.09. The first kappa shape index (κ1) is 14.4. The van der Waals surface area contributed by atoms with Gasteiger partial charge in [0.25, 0.3) is 0 Å². The van der Waals surface area contributed by atoms with Crippen molar-refractivity contribution in [2.75, 3.05) is 13.2 Å². The molecular weight excluding hydrogens is 192 g/mol. The zero-order chi connectivity index (χ0) is 11.9. The van der Waals surface area contributed by atoms with E-state index in [1.807, 2.05) is 0 Å². The second-order valence-corrected chi connectivity index (χ2v) is 5.09. The fraction of sp³-hybridized carbons (Fsp3) is 0.917. The van der Waals surface area contributed by atoms with Crippen LogP contribution in [0.3, 0.4) is 0 Å². The van der Waals surface area contributed by atoms with Gasteiger partial charge in [0.2, 0.25) is 0 Å². The molecule has 0 amide bonds. The van der Waals surface area contributed by atoms with E-state index >= 15 is 0 Å². The molecule has 3 heteroatoms. The number of carbonyl (C=O) groups is 1. The molecule has 0 rings (SSSR count). The molecule has 0 saturated heterocycles. The first-order chi connectivity index (χ1) is 6.86. The minimum atomic E-state index is -0.756. The number of rotatable bonds is 8. The van der Waals surface area contributed by atoms with Crippen LogP contribution in [-0.4, -0.2) is 24.3 Å². The summed E-state index contributed by atoms with van der Waals surface area (Å²) in [5, 5.41) is 8.86. The van der Waals surface area contributed by atoms with Crippen molar-refractivity contribution in [3.8, 4) is 0 Å². The average molecular weight is 216 g/mol. The smallest absolute Gasteiger partial charge is 0.309 e. The summed E-state index contributed by atoms with van der Waals surface area (Å²) in [4.78, 5) is 10.8. The Kier molecular flexibility index (Phi) is 6.57. The van der Waals surface area contributed by atoms with E-state index in [1.54, 1.807) is 13.8 Å². The van der Waals surface area contributed by atoms with Gasteiger partial charge in [-0.1, -0.05) is 13.8 Å². The van der Waals surface area contributed by atoms with Crippen LogP contribution in [0, 0.1) is 11.3 Å². The number of carboxylic acids is 1. The first-order valence-electron chi connectivity index (χ1n) is 5.67. The molecule has 90 valence electrons. The lowest BCUT2D eigenvalue weighted by atomic mass is 9.90. The van der Waals surface area contributed by atoms with Crippen molar-refractivity contribution in [1.82, 2.24) is 0 Å². The van der Waals surface area contributed by atoms with Crippen molar-refractivity contribution < 1.29 is 14.6 Å². The van der Waals surface area contributed by atoms with Gasteiger partial charge in [-0.05, 0) is 39.0 Å². The quantitative estimate of drug-likeness (QED) is 0.634. The predicted octanol–water partition coefficient (Wildman–Crippen LogP) is 2.94. The molecule has 0 aliphatic heterocycles. The summed E-state index contributed by atoms with van der Waals surface area (Å²) < 4.78 is 5.41. The lowest BCUT2D eigenvalue weighted by Gasteiger charge is -2.18. The largest absolute Gasteiger partial charge is 0.481 e. The summed E-state index contributed by atoms with van der Waals surface area (Å²) in [6, 6.07) is 0. The number of hydrogen-bond acceptors (Lipinski definition) is 2. The Balaban J connectivity index is 3.43. The summed E-state index contributed by atoms with van der Waals surface area (Å²) in [6.07, 6.45) is 2.80. The Hall–Kier alpha value is -0.570. The average Bonchev–Trinajstić information content (AvgIpc) is 2.10. The van der Waals surface area contributed by atoms with Crippen molar-refractivity contribution >= 4 is 5.97 Å². The molecule has 0 saturated carbocycles. The molecule has 1 N–H and O–H groups in total. The van der Waals surface area contributed by atoms with Crippen LogP contribution in [0.1, 0.15) is 47.0 Å². The van der Waals surface area contributed by atoms with E-state index in [2.05, 4.69) is 13.8 Å². The lowest BCUT2D eigenvalue weighted by Crippen LogP contribution is -2.25. The van der Waals surface area contributed by atoms with Crippen molar-refractivity contribution in [3.05, 3.63) is 0 Å². The Bertz CT molecular complexity index is 185. The molecule has 0 radical (unpaired) electrons. The lowest BCUT2D eigenvalue weighted by molar-refractivity contribution is -0.148. The van der Waals surface area contributed by atoms with Crippen LogP contribution in [0.25, 0.3) is 0 Å². The fourth-order valence-electron chi connectivity index (χ4n) is 1.13. The fourth-order valence-corrected chi connectivity index (χ4v) is 1.13. The third-order valence-electron chi connectivity index (χ3n) is 2.52. The third kappa shape index (κ3) is 7.37. The predicted molar refractivity (Wildman–Crippen MR) is 60.9 cm³/mol. The molecular formula is C12H24O3. The van der Waals surface area contributed by atoms with Gasteiger partial charge >= 0.3 is 5.97 Å². The van der Waals surface area contributed by atoms with Crippen LogP contribution in [0.2, 0.25) is 0 Å². The normalized spacial score (nSPS) is 12.1. The maximum absolute atomic E-state index is 10.8. The van der Waals surface area contributed by atoms with Crippen LogP contribution >= 0.6 is 0 Å². The van der Waals surface area contributed by atoms with Crippen LogP contribution in [0.15, 0.2) is 0 Å². The SMILES string of the molecule is CC(C)CCCOCCC(C)(C)C(=O)O. The van der Waals surface area contributed by atoms with Gasteiger partial charge in [-0.2, -0.15) is 0 Å². The van der Waals surface area contributed by atoms with Crippen LogP contribution in [0.5, 0.6) is 0 Å². The van der Waals surface area contributed by atoms with Gasteiger partial charge in [0.05, 0.1) is 5.41 Å². The van der Waals surface area contributed by atoms with E-state index in [9.17, 15) is 4.79 Å². The third-order valence-corrected chi connectivity index (χ3v) is 2.52. The summed E-state index contributed by atoms with van der Waals surface area (Å²) in [5.74, 6) is -0.0441. The summed E-state index contributed by atoms with van der Waals surface area (Å²) in [6.45, 7) is 9.12. The molecule has 0 fully saturated rings. The van der Waals surface area contributed by atoms with Crippen molar-refractivity contribution in [2.45, 2.75) is 47.0 Å². The number of aliphatic carboxylic acids is 1. The molecule has 0 aromatic rings. The van der Waals surface area contributed by atoms with E-state index in [0.717, 1.165) is 13.0 Å². The van der Waals surface area contributed by atoms with Gasteiger partial charge in [0, 0.05) is 13.2 Å². The summed E-state index contributed by atoms with van der Waals surface area (Å²) in [5.41, 5.74) is -0.669. The number of ether oxygens (including phenoxy) is 1. The van der Waals surface area contributed by atoms with E-state index in [1.165, 1.54) is 6.42 Å².